The molecular weight excluding hydrogens is 538 g/mol. The first kappa shape index (κ1) is 29.3. The molecule has 1 aromatic carbocycles. The Morgan fingerprint density at radius 2 is 1.97 bits per heavy atom. The number of alkyl halides is 4. The number of sulfonamides is 1. The average molecular weight is 560 g/mol. The predicted molar refractivity (Wildman–Crippen MR) is 119 cm³/mol. The normalized spacial score (nSPS) is 17.7. The Hall–Kier alpha value is -2.98. The van der Waals surface area contributed by atoms with Crippen LogP contribution in [0.5, 0.6) is 0 Å². The van der Waals surface area contributed by atoms with Gasteiger partial charge in [-0.2, -0.15) is 18.2 Å². The van der Waals surface area contributed by atoms with Crippen molar-refractivity contribution in [1.82, 2.24) is 15.0 Å². The number of halogens is 5. The molecule has 3 rings (SSSR count). The smallest absolute Gasteiger partial charge is 0.475 e. The fraction of sp³-hybridized carbons (Fsp3) is 0.474. The van der Waals surface area contributed by atoms with Gasteiger partial charge in [0.2, 0.25) is 27.6 Å². The Labute approximate surface area is 207 Å². The van der Waals surface area contributed by atoms with E-state index in [9.17, 15) is 30.8 Å². The molecule has 2 aromatic rings. The fourth-order valence-electron chi connectivity index (χ4n) is 3.00. The summed E-state index contributed by atoms with van der Waals surface area (Å²) in [5, 5.41) is 11.2. The van der Waals surface area contributed by atoms with Gasteiger partial charge in [0.15, 0.2) is 0 Å². The van der Waals surface area contributed by atoms with Gasteiger partial charge in [0.25, 0.3) is 0 Å². The van der Waals surface area contributed by atoms with Crippen LogP contribution in [0.15, 0.2) is 22.7 Å². The molecule has 1 amide bonds. The highest BCUT2D eigenvalue weighted by molar-refractivity contribution is 7.92. The molecule has 0 aliphatic carbocycles. The molecule has 36 heavy (non-hydrogen) atoms. The summed E-state index contributed by atoms with van der Waals surface area (Å²) in [5.41, 5.74) is 6.76. The Morgan fingerprint density at radius 1 is 1.36 bits per heavy atom. The van der Waals surface area contributed by atoms with Crippen molar-refractivity contribution in [2.45, 2.75) is 37.7 Å². The number of nitrogens with one attached hydrogen (secondary N) is 1. The van der Waals surface area contributed by atoms with Crippen molar-refractivity contribution in [3.8, 4) is 11.4 Å². The molecule has 1 aliphatic heterocycles. The van der Waals surface area contributed by atoms with Gasteiger partial charge in [0.05, 0.1) is 29.8 Å². The number of carbonyl (C=O) groups excluding carboxylic acids is 1. The molecular formula is C19H22ClF4N5O6S. The van der Waals surface area contributed by atoms with E-state index in [0.717, 1.165) is 6.26 Å². The lowest BCUT2D eigenvalue weighted by molar-refractivity contribution is -0.192. The van der Waals surface area contributed by atoms with E-state index >= 15 is 0 Å². The monoisotopic (exact) mass is 559 g/mol. The Bertz CT molecular complexity index is 1210. The lowest BCUT2D eigenvalue weighted by Gasteiger charge is -2.22. The van der Waals surface area contributed by atoms with Crippen LogP contribution in [0.2, 0.25) is 5.02 Å². The lowest BCUT2D eigenvalue weighted by atomic mass is 10.0. The molecule has 0 spiro atoms. The molecule has 1 aliphatic rings. The number of benzene rings is 1. The van der Waals surface area contributed by atoms with Crippen LogP contribution in [0.3, 0.4) is 0 Å². The van der Waals surface area contributed by atoms with E-state index in [1.165, 1.54) is 17.0 Å². The largest absolute Gasteiger partial charge is 0.490 e. The first-order valence-corrected chi connectivity index (χ1v) is 12.4. The summed E-state index contributed by atoms with van der Waals surface area (Å²) < 4.78 is 75.3. The summed E-state index contributed by atoms with van der Waals surface area (Å²) in [5.74, 6) is -3.40. The van der Waals surface area contributed by atoms with Crippen LogP contribution in [-0.2, 0) is 19.6 Å². The van der Waals surface area contributed by atoms with Crippen LogP contribution >= 0.6 is 11.6 Å². The van der Waals surface area contributed by atoms with Gasteiger partial charge in [0, 0.05) is 17.8 Å². The van der Waals surface area contributed by atoms with Crippen molar-refractivity contribution in [3.05, 3.63) is 29.1 Å². The SMILES string of the molecule is C[C@H](c1nc(-c2ccc(NS(C)(=O)=O)cc2Cl)no1)[C@H](N)C(=O)N1CC[C@H](F)C1.O=C(O)C(F)(F)F. The van der Waals surface area contributed by atoms with E-state index in [4.69, 9.17) is 31.8 Å². The summed E-state index contributed by atoms with van der Waals surface area (Å²) in [4.78, 5) is 27.0. The zero-order valence-corrected chi connectivity index (χ0v) is 20.4. The maximum atomic E-state index is 13.3. The highest BCUT2D eigenvalue weighted by Gasteiger charge is 2.38. The van der Waals surface area contributed by atoms with Gasteiger partial charge in [-0.15, -0.1) is 0 Å². The van der Waals surface area contributed by atoms with Gasteiger partial charge in [-0.25, -0.2) is 17.6 Å². The van der Waals surface area contributed by atoms with Crippen molar-refractivity contribution < 1.29 is 45.2 Å². The summed E-state index contributed by atoms with van der Waals surface area (Å²) >= 11 is 6.22. The zero-order chi connectivity index (χ0) is 27.4. The average Bonchev–Trinajstić information content (AvgIpc) is 3.40. The van der Waals surface area contributed by atoms with E-state index in [2.05, 4.69) is 14.9 Å². The minimum Gasteiger partial charge on any atom is -0.475 e. The number of aromatic nitrogens is 2. The summed E-state index contributed by atoms with van der Waals surface area (Å²) in [7, 11) is -3.44. The molecule has 3 atom stereocenters. The Balaban J connectivity index is 0.000000572. The van der Waals surface area contributed by atoms with Gasteiger partial charge in [0.1, 0.15) is 6.17 Å². The van der Waals surface area contributed by atoms with E-state index in [-0.39, 0.29) is 29.2 Å². The topological polar surface area (TPSA) is 169 Å². The zero-order valence-electron chi connectivity index (χ0n) is 18.8. The van der Waals surface area contributed by atoms with Gasteiger partial charge in [-0.1, -0.05) is 23.7 Å². The molecule has 0 unspecified atom stereocenters. The number of nitrogens with zero attached hydrogens (tertiary/aromatic N) is 3. The van der Waals surface area contributed by atoms with Crippen LogP contribution in [0.4, 0.5) is 23.2 Å². The predicted octanol–water partition coefficient (Wildman–Crippen LogP) is 2.40. The van der Waals surface area contributed by atoms with Crippen LogP contribution in [-0.4, -0.2) is 78.2 Å². The van der Waals surface area contributed by atoms with Crippen LogP contribution in [0.1, 0.15) is 25.2 Å². The maximum absolute atomic E-state index is 13.3. The third-order valence-corrected chi connectivity index (χ3v) is 5.77. The van der Waals surface area contributed by atoms with E-state index in [1.807, 2.05) is 0 Å². The molecule has 200 valence electrons. The van der Waals surface area contributed by atoms with Crippen LogP contribution < -0.4 is 10.5 Å². The van der Waals surface area contributed by atoms with Crippen molar-refractivity contribution in [2.24, 2.45) is 5.73 Å². The number of nitrogens with two attached hydrogens (primary N) is 1. The lowest BCUT2D eigenvalue weighted by Crippen LogP contribution is -2.45. The number of carboxylic acid groups (broad SMARTS) is 1. The molecule has 1 saturated heterocycles. The number of amides is 1. The number of carboxylic acids is 1. The molecule has 2 heterocycles. The number of aliphatic carboxylic acids is 1. The second-order valence-electron chi connectivity index (χ2n) is 7.81. The molecule has 11 nitrogen and oxygen atoms in total. The Morgan fingerprint density at radius 3 is 2.44 bits per heavy atom. The van der Waals surface area contributed by atoms with Gasteiger partial charge in [-0.05, 0) is 24.6 Å². The second kappa shape index (κ2) is 11.4. The second-order valence-corrected chi connectivity index (χ2v) is 9.97. The molecule has 1 aromatic heterocycles. The van der Waals surface area contributed by atoms with E-state index in [1.54, 1.807) is 13.0 Å². The molecule has 0 radical (unpaired) electrons. The number of likely N-dealkylation sites (tertiary alicyclic amines) is 1. The molecule has 1 fully saturated rings. The number of hydrogen-bond donors (Lipinski definition) is 3. The molecule has 0 saturated carbocycles. The van der Waals surface area contributed by atoms with Crippen LogP contribution in [0, 0.1) is 0 Å². The third kappa shape index (κ3) is 8.03. The third-order valence-electron chi connectivity index (χ3n) is 4.85. The van der Waals surface area contributed by atoms with Crippen molar-refractivity contribution in [3.63, 3.8) is 0 Å². The highest BCUT2D eigenvalue weighted by atomic mass is 35.5. The summed E-state index contributed by atoms with van der Waals surface area (Å²) in [6, 6.07) is 3.53. The van der Waals surface area contributed by atoms with Crippen molar-refractivity contribution >= 4 is 39.2 Å². The fourth-order valence-corrected chi connectivity index (χ4v) is 3.82. The summed E-state index contributed by atoms with van der Waals surface area (Å²) in [6.45, 7) is 2.04. The molecule has 4 N–H and O–H groups in total. The first-order chi connectivity index (χ1) is 16.5. The quantitative estimate of drug-likeness (QED) is 0.450. The van der Waals surface area contributed by atoms with Crippen molar-refractivity contribution in [2.75, 3.05) is 24.1 Å². The highest BCUT2D eigenvalue weighted by Crippen LogP contribution is 2.30. The van der Waals surface area contributed by atoms with Crippen molar-refractivity contribution in [1.29, 1.82) is 0 Å². The van der Waals surface area contributed by atoms with Gasteiger partial charge < -0.3 is 20.3 Å². The van der Waals surface area contributed by atoms with E-state index < -0.39 is 40.3 Å². The minimum atomic E-state index is -5.08. The first-order valence-electron chi connectivity index (χ1n) is 10.1. The van der Waals surface area contributed by atoms with Crippen LogP contribution in [0.25, 0.3) is 11.4 Å². The summed E-state index contributed by atoms with van der Waals surface area (Å²) in [6.07, 6.45) is -4.78. The Kier molecular flexibility index (Phi) is 9.25. The number of hydrogen-bond acceptors (Lipinski definition) is 8. The minimum absolute atomic E-state index is 0.0395. The number of rotatable bonds is 6. The van der Waals surface area contributed by atoms with Gasteiger partial charge >= 0.3 is 12.1 Å². The van der Waals surface area contributed by atoms with Gasteiger partial charge in [-0.3, -0.25) is 9.52 Å². The number of carbonyl (C=O) groups is 2. The molecule has 0 bridgehead atoms. The maximum Gasteiger partial charge on any atom is 0.490 e. The molecule has 17 heteroatoms. The standard InChI is InChI=1S/C17H21ClFN5O4S.C2HF3O2/c1-9(14(20)17(25)24-6-5-10(19)8-24)16-21-15(22-28-16)12-4-3-11(7-13(12)18)23-29(2,26)27;3-2(4,5)1(6)7/h3-4,7,9-10,14,23H,5-6,8,20H2,1-2H3;(H,6,7)/t9-,10-,14-;/m0./s1. The number of anilines is 1. The van der Waals surface area contributed by atoms with E-state index in [0.29, 0.717) is 24.2 Å².